The van der Waals surface area contributed by atoms with E-state index in [4.69, 9.17) is 16.6 Å². The van der Waals surface area contributed by atoms with Crippen LogP contribution in [0, 0.1) is 0 Å². The number of carbonyl (C=O) groups is 1. The van der Waals surface area contributed by atoms with Gasteiger partial charge in [0.2, 0.25) is 11.8 Å². The van der Waals surface area contributed by atoms with Crippen LogP contribution in [0.1, 0.15) is 45.9 Å². The third-order valence-electron chi connectivity index (χ3n) is 3.20. The Hall–Kier alpha value is -1.95. The van der Waals surface area contributed by atoms with Gasteiger partial charge in [-0.15, -0.1) is 0 Å². The Morgan fingerprint density at radius 1 is 1.17 bits per heavy atom. The Kier molecular flexibility index (Phi) is 5.71. The van der Waals surface area contributed by atoms with E-state index in [1.807, 2.05) is 52.0 Å². The molecule has 1 atom stereocenters. The third-order valence-corrected chi connectivity index (χ3v) is 3.60. The summed E-state index contributed by atoms with van der Waals surface area (Å²) in [6, 6.07) is 7.80. The van der Waals surface area contributed by atoms with Gasteiger partial charge in [0.1, 0.15) is 5.52 Å². The second-order valence-corrected chi connectivity index (χ2v) is 6.60. The number of carbonyl (C=O) groups excluding carboxylic acids is 1. The number of fused-ring (bicyclic) bond motifs is 1. The first-order valence-electron chi connectivity index (χ1n) is 7.82. The average Bonchev–Trinajstić information content (AvgIpc) is 2.86. The van der Waals surface area contributed by atoms with Gasteiger partial charge in [-0.3, -0.25) is 4.79 Å². The number of rotatable bonds is 6. The zero-order chi connectivity index (χ0) is 17.0. The lowest BCUT2D eigenvalue weighted by molar-refractivity contribution is -0.121. The lowest BCUT2D eigenvalue weighted by Crippen LogP contribution is -2.37. The summed E-state index contributed by atoms with van der Waals surface area (Å²) in [6.07, 6.45) is 0.212. The molecule has 0 aliphatic heterocycles. The van der Waals surface area contributed by atoms with Crippen molar-refractivity contribution in [3.05, 3.63) is 30.2 Å². The molecule has 0 aliphatic carbocycles. The highest BCUT2D eigenvalue weighted by molar-refractivity contribution is 7.80. The molecule has 6 heteroatoms. The normalized spacial score (nSPS) is 12.6. The van der Waals surface area contributed by atoms with E-state index in [2.05, 4.69) is 15.6 Å². The van der Waals surface area contributed by atoms with E-state index in [9.17, 15) is 4.79 Å². The molecule has 1 amide bonds. The first-order valence-corrected chi connectivity index (χ1v) is 8.23. The lowest BCUT2D eigenvalue weighted by atomic mass is 10.0. The van der Waals surface area contributed by atoms with Crippen LogP contribution in [0.25, 0.3) is 11.1 Å². The molecule has 0 fully saturated rings. The van der Waals surface area contributed by atoms with Gasteiger partial charge in [0.15, 0.2) is 5.58 Å². The molecule has 1 heterocycles. The molecule has 2 rings (SSSR count). The Morgan fingerprint density at radius 3 is 2.43 bits per heavy atom. The molecule has 0 saturated heterocycles. The summed E-state index contributed by atoms with van der Waals surface area (Å²) in [7, 11) is 0. The molecular formula is C17H23N3O2S. The Bertz CT molecular complexity index is 661. The molecule has 5 nitrogen and oxygen atoms in total. The fourth-order valence-corrected chi connectivity index (χ4v) is 2.70. The van der Waals surface area contributed by atoms with Crippen molar-refractivity contribution in [1.29, 1.82) is 0 Å². The maximum absolute atomic E-state index is 12.2. The number of amides is 1. The van der Waals surface area contributed by atoms with Crippen molar-refractivity contribution >= 4 is 34.2 Å². The fourth-order valence-electron chi connectivity index (χ4n) is 2.28. The highest BCUT2D eigenvalue weighted by atomic mass is 32.1. The number of thiocarbonyl (C=S) groups is 1. The summed E-state index contributed by atoms with van der Waals surface area (Å²) < 4.78 is 5.82. The predicted octanol–water partition coefficient (Wildman–Crippen LogP) is 3.15. The highest BCUT2D eigenvalue weighted by Crippen LogP contribution is 2.25. The third kappa shape index (κ3) is 4.76. The van der Waals surface area contributed by atoms with Crippen LogP contribution in [-0.2, 0) is 4.79 Å². The van der Waals surface area contributed by atoms with E-state index in [1.54, 1.807) is 0 Å². The first kappa shape index (κ1) is 17.4. The Morgan fingerprint density at radius 2 is 1.83 bits per heavy atom. The van der Waals surface area contributed by atoms with Gasteiger partial charge in [0, 0.05) is 18.5 Å². The molecule has 1 unspecified atom stereocenters. The summed E-state index contributed by atoms with van der Waals surface area (Å²) in [5.74, 6) is 0.0296. The van der Waals surface area contributed by atoms with Crippen molar-refractivity contribution in [1.82, 2.24) is 15.6 Å². The number of hydrogen-bond donors (Lipinski definition) is 2. The van der Waals surface area contributed by atoms with Crippen LogP contribution in [0.4, 0.5) is 0 Å². The Labute approximate surface area is 141 Å². The molecule has 23 heavy (non-hydrogen) atoms. The number of nitrogens with one attached hydrogen (secondary N) is 2. The van der Waals surface area contributed by atoms with E-state index in [1.165, 1.54) is 0 Å². The van der Waals surface area contributed by atoms with Crippen molar-refractivity contribution in [2.45, 2.75) is 52.1 Å². The number of aromatic nitrogens is 1. The number of hydrogen-bond acceptors (Lipinski definition) is 4. The molecule has 1 aromatic carbocycles. The molecule has 0 radical (unpaired) electrons. The zero-order valence-corrected chi connectivity index (χ0v) is 14.7. The van der Waals surface area contributed by atoms with Crippen molar-refractivity contribution in [2.75, 3.05) is 0 Å². The summed E-state index contributed by atoms with van der Waals surface area (Å²) in [5, 5.41) is 6.08. The van der Waals surface area contributed by atoms with Crippen LogP contribution in [0.2, 0.25) is 0 Å². The maximum Gasteiger partial charge on any atom is 0.221 e. The molecule has 0 bridgehead atoms. The van der Waals surface area contributed by atoms with Gasteiger partial charge in [0.25, 0.3) is 0 Å². The van der Waals surface area contributed by atoms with Gasteiger partial charge in [-0.2, -0.15) is 0 Å². The number of oxazole rings is 1. The largest absolute Gasteiger partial charge is 0.440 e. The van der Waals surface area contributed by atoms with Crippen molar-refractivity contribution in [3.8, 4) is 0 Å². The van der Waals surface area contributed by atoms with Crippen molar-refractivity contribution < 1.29 is 9.21 Å². The van der Waals surface area contributed by atoms with Gasteiger partial charge in [-0.05, 0) is 39.8 Å². The monoisotopic (exact) mass is 333 g/mol. The van der Waals surface area contributed by atoms with E-state index < -0.39 is 0 Å². The Balaban J connectivity index is 2.28. The molecule has 2 N–H and O–H groups in total. The molecular weight excluding hydrogens is 310 g/mol. The van der Waals surface area contributed by atoms with Crippen molar-refractivity contribution in [3.63, 3.8) is 0 Å². The minimum absolute atomic E-state index is 0.0693. The van der Waals surface area contributed by atoms with E-state index in [0.29, 0.717) is 16.5 Å². The minimum Gasteiger partial charge on any atom is -0.440 e. The molecule has 0 spiro atoms. The molecule has 124 valence electrons. The fraction of sp³-hybridized carbons (Fsp3) is 0.471. The molecule has 1 aromatic heterocycles. The van der Waals surface area contributed by atoms with Gasteiger partial charge in [-0.1, -0.05) is 24.4 Å². The smallest absolute Gasteiger partial charge is 0.221 e. The quantitative estimate of drug-likeness (QED) is 0.795. The predicted molar refractivity (Wildman–Crippen MR) is 95.5 cm³/mol. The van der Waals surface area contributed by atoms with Crippen LogP contribution in [-0.4, -0.2) is 28.0 Å². The van der Waals surface area contributed by atoms with Crippen LogP contribution in [0.15, 0.2) is 28.7 Å². The van der Waals surface area contributed by atoms with Gasteiger partial charge < -0.3 is 15.1 Å². The van der Waals surface area contributed by atoms with Crippen molar-refractivity contribution in [2.24, 2.45) is 0 Å². The minimum atomic E-state index is -0.376. The molecule has 0 saturated carbocycles. The topological polar surface area (TPSA) is 67.2 Å². The van der Waals surface area contributed by atoms with Crippen LogP contribution >= 0.6 is 12.2 Å². The molecule has 2 aromatic rings. The summed E-state index contributed by atoms with van der Waals surface area (Å²) in [6.45, 7) is 7.86. The highest BCUT2D eigenvalue weighted by Gasteiger charge is 2.26. The van der Waals surface area contributed by atoms with Gasteiger partial charge in [0.05, 0.1) is 10.9 Å². The number of para-hydroxylation sites is 2. The second kappa shape index (κ2) is 7.55. The SMILES string of the molecule is CC(C)NC(=O)CC(C(=S)NC(C)C)c1nc2ccccc2o1. The van der Waals surface area contributed by atoms with Gasteiger partial charge in [-0.25, -0.2) is 4.98 Å². The van der Waals surface area contributed by atoms with E-state index >= 15 is 0 Å². The average molecular weight is 333 g/mol. The van der Waals surface area contributed by atoms with E-state index in [-0.39, 0.29) is 30.3 Å². The van der Waals surface area contributed by atoms with E-state index in [0.717, 1.165) is 5.52 Å². The summed E-state index contributed by atoms with van der Waals surface area (Å²) in [5.41, 5.74) is 1.47. The zero-order valence-electron chi connectivity index (χ0n) is 13.9. The summed E-state index contributed by atoms with van der Waals surface area (Å²) in [4.78, 5) is 17.2. The second-order valence-electron chi connectivity index (χ2n) is 6.16. The maximum atomic E-state index is 12.2. The van der Waals surface area contributed by atoms with Crippen LogP contribution in [0.5, 0.6) is 0 Å². The standard InChI is InChI=1S/C17H23N3O2S/c1-10(2)18-15(21)9-12(17(23)19-11(3)4)16-20-13-7-5-6-8-14(13)22-16/h5-8,10-12H,9H2,1-4H3,(H,18,21)(H,19,23). The number of benzene rings is 1. The van der Waals surface area contributed by atoms with Crippen LogP contribution in [0.3, 0.4) is 0 Å². The van der Waals surface area contributed by atoms with Gasteiger partial charge >= 0.3 is 0 Å². The first-order chi connectivity index (χ1) is 10.9. The summed E-state index contributed by atoms with van der Waals surface area (Å²) >= 11 is 5.48. The lowest BCUT2D eigenvalue weighted by Gasteiger charge is -2.19. The molecule has 0 aliphatic rings. The van der Waals surface area contributed by atoms with Crippen LogP contribution < -0.4 is 10.6 Å². The number of nitrogens with zero attached hydrogens (tertiary/aromatic N) is 1.